The fourth-order valence-electron chi connectivity index (χ4n) is 3.56. The first kappa shape index (κ1) is 20.3. The predicted molar refractivity (Wildman–Crippen MR) is 109 cm³/mol. The Hall–Kier alpha value is -2.47. The van der Waals surface area contributed by atoms with E-state index in [0.717, 1.165) is 56.0 Å². The summed E-state index contributed by atoms with van der Waals surface area (Å²) in [6.45, 7) is 7.97. The lowest BCUT2D eigenvalue weighted by molar-refractivity contribution is 0.194. The first-order valence-electron chi connectivity index (χ1n) is 9.94. The van der Waals surface area contributed by atoms with Gasteiger partial charge < -0.3 is 10.2 Å². The van der Waals surface area contributed by atoms with E-state index in [-0.39, 0.29) is 17.9 Å². The van der Waals surface area contributed by atoms with Gasteiger partial charge in [0.05, 0.1) is 0 Å². The van der Waals surface area contributed by atoms with Crippen LogP contribution in [0.25, 0.3) is 0 Å². The molecule has 0 radical (unpaired) electrons. The Balaban J connectivity index is 1.47. The summed E-state index contributed by atoms with van der Waals surface area (Å²) in [5.74, 6) is -0.211. The molecule has 1 fully saturated rings. The van der Waals surface area contributed by atoms with E-state index >= 15 is 0 Å². The molecule has 1 aliphatic heterocycles. The SMILES string of the molecule is Cc1cccc(C[C@@H](C)NC(=O)N2CCCN(Cc3ccc(F)cc3)CC2)n1. The first-order valence-corrected chi connectivity index (χ1v) is 9.94. The minimum absolute atomic E-state index is 0.0104. The summed E-state index contributed by atoms with van der Waals surface area (Å²) in [4.78, 5) is 21.4. The number of carbonyl (C=O) groups is 1. The molecule has 0 saturated carbocycles. The molecule has 0 aliphatic carbocycles. The lowest BCUT2D eigenvalue weighted by Gasteiger charge is -2.24. The van der Waals surface area contributed by atoms with Crippen LogP contribution in [0.15, 0.2) is 42.5 Å². The summed E-state index contributed by atoms with van der Waals surface area (Å²) >= 11 is 0. The fraction of sp³-hybridized carbons (Fsp3) is 0.455. The standard InChI is InChI=1S/C22H29FN4O/c1-17-5-3-6-21(24-17)15-18(2)25-22(28)27-12-4-11-26(13-14-27)16-19-7-9-20(23)10-8-19/h3,5-10,18H,4,11-16H2,1-2H3,(H,25,28)/t18-/m1/s1. The topological polar surface area (TPSA) is 48.5 Å². The lowest BCUT2D eigenvalue weighted by Crippen LogP contribution is -2.46. The van der Waals surface area contributed by atoms with Crippen LogP contribution in [0.2, 0.25) is 0 Å². The van der Waals surface area contributed by atoms with Crippen molar-refractivity contribution < 1.29 is 9.18 Å². The lowest BCUT2D eigenvalue weighted by atomic mass is 10.1. The number of pyridine rings is 1. The van der Waals surface area contributed by atoms with E-state index < -0.39 is 0 Å². The summed E-state index contributed by atoms with van der Waals surface area (Å²) in [5.41, 5.74) is 3.08. The van der Waals surface area contributed by atoms with Crippen LogP contribution < -0.4 is 5.32 Å². The van der Waals surface area contributed by atoms with Gasteiger partial charge in [0, 0.05) is 56.6 Å². The van der Waals surface area contributed by atoms with Crippen LogP contribution in [0.5, 0.6) is 0 Å². The van der Waals surface area contributed by atoms with Crippen molar-refractivity contribution in [3.8, 4) is 0 Å². The molecular weight excluding hydrogens is 355 g/mol. The van der Waals surface area contributed by atoms with E-state index in [1.165, 1.54) is 12.1 Å². The first-order chi connectivity index (χ1) is 13.5. The van der Waals surface area contributed by atoms with Crippen LogP contribution in [-0.4, -0.2) is 53.0 Å². The third-order valence-electron chi connectivity index (χ3n) is 5.03. The second kappa shape index (κ2) is 9.64. The highest BCUT2D eigenvalue weighted by atomic mass is 19.1. The average Bonchev–Trinajstić information content (AvgIpc) is 2.89. The van der Waals surface area contributed by atoms with Gasteiger partial charge in [0.25, 0.3) is 0 Å². The predicted octanol–water partition coefficient (Wildman–Crippen LogP) is 3.38. The molecule has 1 saturated heterocycles. The Labute approximate surface area is 166 Å². The molecule has 0 unspecified atom stereocenters. The van der Waals surface area contributed by atoms with Crippen LogP contribution in [0, 0.1) is 12.7 Å². The van der Waals surface area contributed by atoms with Crippen LogP contribution in [0.1, 0.15) is 30.3 Å². The molecular formula is C22H29FN4O. The van der Waals surface area contributed by atoms with Gasteiger partial charge in [0.15, 0.2) is 0 Å². The zero-order valence-corrected chi connectivity index (χ0v) is 16.7. The molecule has 2 heterocycles. The largest absolute Gasteiger partial charge is 0.335 e. The maximum Gasteiger partial charge on any atom is 0.317 e. The number of carbonyl (C=O) groups excluding carboxylic acids is 1. The molecule has 1 aliphatic rings. The van der Waals surface area contributed by atoms with Crippen molar-refractivity contribution in [3.05, 3.63) is 65.2 Å². The zero-order chi connectivity index (χ0) is 19.9. The Morgan fingerprint density at radius 3 is 2.68 bits per heavy atom. The number of aryl methyl sites for hydroxylation is 1. The summed E-state index contributed by atoms with van der Waals surface area (Å²) in [6, 6.07) is 12.6. The van der Waals surface area contributed by atoms with Crippen molar-refractivity contribution in [2.45, 2.75) is 39.3 Å². The molecule has 1 N–H and O–H groups in total. The maximum atomic E-state index is 13.1. The van der Waals surface area contributed by atoms with Gasteiger partial charge in [0.2, 0.25) is 0 Å². The Bertz CT molecular complexity index is 780. The highest BCUT2D eigenvalue weighted by Crippen LogP contribution is 2.11. The van der Waals surface area contributed by atoms with E-state index in [1.54, 1.807) is 0 Å². The summed E-state index contributed by atoms with van der Waals surface area (Å²) in [5, 5.41) is 3.10. The number of amides is 2. The number of hydrogen-bond acceptors (Lipinski definition) is 3. The normalized spacial score (nSPS) is 16.5. The number of aromatic nitrogens is 1. The molecule has 6 heteroatoms. The number of hydrogen-bond donors (Lipinski definition) is 1. The molecule has 2 aromatic rings. The minimum Gasteiger partial charge on any atom is -0.335 e. The number of nitrogens with zero attached hydrogens (tertiary/aromatic N) is 3. The third kappa shape index (κ3) is 6.02. The van der Waals surface area contributed by atoms with Gasteiger partial charge >= 0.3 is 6.03 Å². The van der Waals surface area contributed by atoms with E-state index in [9.17, 15) is 9.18 Å². The molecule has 5 nitrogen and oxygen atoms in total. The number of rotatable bonds is 5. The van der Waals surface area contributed by atoms with Crippen molar-refractivity contribution >= 4 is 6.03 Å². The van der Waals surface area contributed by atoms with E-state index in [2.05, 4.69) is 15.2 Å². The monoisotopic (exact) mass is 384 g/mol. The molecule has 0 bridgehead atoms. The zero-order valence-electron chi connectivity index (χ0n) is 16.7. The fourth-order valence-corrected chi connectivity index (χ4v) is 3.56. The molecule has 1 aromatic heterocycles. The maximum absolute atomic E-state index is 13.1. The average molecular weight is 384 g/mol. The Kier molecular flexibility index (Phi) is 6.98. The van der Waals surface area contributed by atoms with E-state index in [4.69, 9.17) is 0 Å². The summed E-state index contributed by atoms with van der Waals surface area (Å²) in [7, 11) is 0. The summed E-state index contributed by atoms with van der Waals surface area (Å²) < 4.78 is 13.1. The molecule has 0 spiro atoms. The highest BCUT2D eigenvalue weighted by Gasteiger charge is 2.20. The Morgan fingerprint density at radius 1 is 1.14 bits per heavy atom. The van der Waals surface area contributed by atoms with Crippen LogP contribution in [0.3, 0.4) is 0 Å². The van der Waals surface area contributed by atoms with Gasteiger partial charge in [-0.15, -0.1) is 0 Å². The number of nitrogens with one attached hydrogen (secondary N) is 1. The van der Waals surface area contributed by atoms with Gasteiger partial charge in [-0.25, -0.2) is 9.18 Å². The van der Waals surface area contributed by atoms with Crippen molar-refractivity contribution in [1.82, 2.24) is 20.1 Å². The minimum atomic E-state index is -0.211. The van der Waals surface area contributed by atoms with E-state index in [1.807, 2.05) is 49.1 Å². The second-order valence-electron chi connectivity index (χ2n) is 7.57. The molecule has 150 valence electrons. The molecule has 1 atom stereocenters. The molecule has 2 amide bonds. The van der Waals surface area contributed by atoms with Crippen molar-refractivity contribution in [2.24, 2.45) is 0 Å². The van der Waals surface area contributed by atoms with Crippen LogP contribution >= 0.6 is 0 Å². The number of urea groups is 1. The smallest absolute Gasteiger partial charge is 0.317 e. The second-order valence-corrected chi connectivity index (χ2v) is 7.57. The third-order valence-corrected chi connectivity index (χ3v) is 5.03. The van der Waals surface area contributed by atoms with Gasteiger partial charge in [-0.05, 0) is 50.1 Å². The molecule has 3 rings (SSSR count). The number of halogens is 1. The van der Waals surface area contributed by atoms with Crippen molar-refractivity contribution in [1.29, 1.82) is 0 Å². The Morgan fingerprint density at radius 2 is 1.93 bits per heavy atom. The van der Waals surface area contributed by atoms with Crippen molar-refractivity contribution in [3.63, 3.8) is 0 Å². The van der Waals surface area contributed by atoms with Gasteiger partial charge in [0.1, 0.15) is 5.82 Å². The van der Waals surface area contributed by atoms with E-state index in [0.29, 0.717) is 6.54 Å². The molecule has 1 aromatic carbocycles. The van der Waals surface area contributed by atoms with Gasteiger partial charge in [-0.1, -0.05) is 18.2 Å². The van der Waals surface area contributed by atoms with Crippen LogP contribution in [0.4, 0.5) is 9.18 Å². The number of benzene rings is 1. The van der Waals surface area contributed by atoms with Crippen molar-refractivity contribution in [2.75, 3.05) is 26.2 Å². The summed E-state index contributed by atoms with van der Waals surface area (Å²) in [6.07, 6.45) is 1.65. The quantitative estimate of drug-likeness (QED) is 0.860. The van der Waals surface area contributed by atoms with Gasteiger partial charge in [-0.3, -0.25) is 9.88 Å². The molecule has 28 heavy (non-hydrogen) atoms. The van der Waals surface area contributed by atoms with Gasteiger partial charge in [-0.2, -0.15) is 0 Å². The van der Waals surface area contributed by atoms with Crippen LogP contribution in [-0.2, 0) is 13.0 Å². The highest BCUT2D eigenvalue weighted by molar-refractivity contribution is 5.74.